The molecule has 0 aromatic heterocycles. The summed E-state index contributed by atoms with van der Waals surface area (Å²) in [5.41, 5.74) is -0.671. The molecule has 2 aromatic carbocycles. The summed E-state index contributed by atoms with van der Waals surface area (Å²) < 4.78 is 0.497. The Balaban J connectivity index is 0.00000288. The molecule has 0 atom stereocenters. The molecule has 0 bridgehead atoms. The van der Waals surface area contributed by atoms with E-state index < -0.39 is 22.5 Å². The first kappa shape index (κ1) is 20.6. The summed E-state index contributed by atoms with van der Waals surface area (Å²) in [5.74, 6) is -2.18. The van der Waals surface area contributed by atoms with E-state index in [1.54, 1.807) is 0 Å². The number of hydrogen-bond donors (Lipinski definition) is 1. The van der Waals surface area contributed by atoms with Crippen LogP contribution in [0.1, 0.15) is 20.7 Å². The molecule has 2 aromatic rings. The maximum atomic E-state index is 12.2. The van der Waals surface area contributed by atoms with E-state index in [4.69, 9.17) is 11.6 Å². The molecule has 1 amide bonds. The molecule has 118 valence electrons. The molecular weight excluding hydrogens is 415 g/mol. The fourth-order valence-electron chi connectivity index (χ4n) is 1.78. The number of carbonyl (C=O) groups is 2. The molecule has 0 aliphatic carbocycles. The number of benzene rings is 2. The molecule has 2 rings (SSSR count). The monoisotopic (exact) mass is 420 g/mol. The molecule has 0 aliphatic rings. The Morgan fingerprint density at radius 3 is 2.42 bits per heavy atom. The van der Waals surface area contributed by atoms with Crippen LogP contribution in [0.3, 0.4) is 0 Å². The molecule has 0 heterocycles. The molecule has 0 saturated heterocycles. The fourth-order valence-corrected chi connectivity index (χ4v) is 2.33. The van der Waals surface area contributed by atoms with Gasteiger partial charge in [0.25, 0.3) is 11.6 Å². The second kappa shape index (κ2) is 8.59. The van der Waals surface area contributed by atoms with Gasteiger partial charge in [-0.15, -0.1) is 0 Å². The van der Waals surface area contributed by atoms with E-state index in [1.165, 1.54) is 30.3 Å². The number of nitrogens with zero attached hydrogens (tertiary/aromatic N) is 1. The third-order valence-electron chi connectivity index (χ3n) is 2.85. The van der Waals surface area contributed by atoms with Crippen LogP contribution in [0.5, 0.6) is 0 Å². The van der Waals surface area contributed by atoms with Gasteiger partial charge in [-0.05, 0) is 30.3 Å². The van der Waals surface area contributed by atoms with Gasteiger partial charge in [-0.3, -0.25) is 14.9 Å². The van der Waals surface area contributed by atoms with Crippen molar-refractivity contribution in [1.82, 2.24) is 0 Å². The van der Waals surface area contributed by atoms with Gasteiger partial charge < -0.3 is 15.2 Å². The Labute approximate surface area is 171 Å². The predicted octanol–water partition coefficient (Wildman–Crippen LogP) is -0.370. The number of carboxylic acid groups (broad SMARTS) is 1. The minimum Gasteiger partial charge on any atom is -0.545 e. The summed E-state index contributed by atoms with van der Waals surface area (Å²) in [6.07, 6.45) is 0. The number of hydrogen-bond acceptors (Lipinski definition) is 5. The molecular formula is C14H7BrClN2NaO5. The van der Waals surface area contributed by atoms with Gasteiger partial charge in [0.2, 0.25) is 0 Å². The normalized spacial score (nSPS) is 9.75. The fraction of sp³-hybridized carbons (Fsp3) is 0. The number of nitro benzene ring substituents is 1. The maximum absolute atomic E-state index is 12.2. The molecule has 0 saturated carbocycles. The van der Waals surface area contributed by atoms with Crippen LogP contribution in [0.15, 0.2) is 40.9 Å². The van der Waals surface area contributed by atoms with Gasteiger partial charge in [0, 0.05) is 21.7 Å². The molecule has 10 heteroatoms. The second-order valence-electron chi connectivity index (χ2n) is 4.35. The number of amides is 1. The zero-order valence-electron chi connectivity index (χ0n) is 12.2. The number of nitro groups is 1. The first-order chi connectivity index (χ1) is 10.8. The Kier molecular flexibility index (Phi) is 7.37. The Bertz CT molecular complexity index is 831. The van der Waals surface area contributed by atoms with E-state index in [0.29, 0.717) is 4.47 Å². The molecule has 0 aliphatic heterocycles. The Hall–Kier alpha value is -1.45. The van der Waals surface area contributed by atoms with Crippen molar-refractivity contribution in [1.29, 1.82) is 0 Å². The average Bonchev–Trinajstić information content (AvgIpc) is 2.48. The van der Waals surface area contributed by atoms with Gasteiger partial charge in [-0.2, -0.15) is 0 Å². The molecule has 24 heavy (non-hydrogen) atoms. The van der Waals surface area contributed by atoms with Crippen LogP contribution in [-0.4, -0.2) is 16.8 Å². The number of rotatable bonds is 4. The first-order valence-electron chi connectivity index (χ1n) is 6.06. The third kappa shape index (κ3) is 4.78. The van der Waals surface area contributed by atoms with Gasteiger partial charge in [0.05, 0.1) is 16.6 Å². The van der Waals surface area contributed by atoms with E-state index in [2.05, 4.69) is 21.2 Å². The van der Waals surface area contributed by atoms with E-state index in [1.807, 2.05) is 0 Å². The number of halogens is 2. The van der Waals surface area contributed by atoms with Crippen LogP contribution >= 0.6 is 27.5 Å². The van der Waals surface area contributed by atoms with Gasteiger partial charge in [0.1, 0.15) is 5.02 Å². The van der Waals surface area contributed by atoms with Crippen molar-refractivity contribution in [2.24, 2.45) is 0 Å². The van der Waals surface area contributed by atoms with E-state index in [0.717, 1.165) is 6.07 Å². The third-order valence-corrected chi connectivity index (χ3v) is 3.67. The average molecular weight is 422 g/mol. The van der Waals surface area contributed by atoms with Crippen molar-refractivity contribution < 1.29 is 49.2 Å². The van der Waals surface area contributed by atoms with Crippen LogP contribution in [0, 0.1) is 10.1 Å². The van der Waals surface area contributed by atoms with Crippen molar-refractivity contribution in [3.8, 4) is 0 Å². The summed E-state index contributed by atoms with van der Waals surface area (Å²) in [4.78, 5) is 33.4. The molecule has 1 N–H and O–H groups in total. The largest absolute Gasteiger partial charge is 1.00 e. The van der Waals surface area contributed by atoms with Crippen molar-refractivity contribution in [2.45, 2.75) is 0 Å². The molecule has 0 fully saturated rings. The van der Waals surface area contributed by atoms with Crippen molar-refractivity contribution in [3.63, 3.8) is 0 Å². The molecule has 0 radical (unpaired) electrons. The van der Waals surface area contributed by atoms with Crippen molar-refractivity contribution in [2.75, 3.05) is 5.32 Å². The maximum Gasteiger partial charge on any atom is 1.00 e. The van der Waals surface area contributed by atoms with Crippen LogP contribution in [0.25, 0.3) is 0 Å². The van der Waals surface area contributed by atoms with Crippen LogP contribution in [-0.2, 0) is 0 Å². The molecule has 0 unspecified atom stereocenters. The van der Waals surface area contributed by atoms with Gasteiger partial charge in [-0.1, -0.05) is 27.5 Å². The zero-order valence-corrected chi connectivity index (χ0v) is 16.6. The van der Waals surface area contributed by atoms with Crippen LogP contribution in [0.2, 0.25) is 5.02 Å². The van der Waals surface area contributed by atoms with Crippen LogP contribution in [0.4, 0.5) is 11.4 Å². The number of carbonyl (C=O) groups excluding carboxylic acids is 2. The van der Waals surface area contributed by atoms with E-state index >= 15 is 0 Å². The van der Waals surface area contributed by atoms with Gasteiger partial charge in [-0.25, -0.2) is 0 Å². The summed E-state index contributed by atoms with van der Waals surface area (Å²) >= 11 is 8.79. The second-order valence-corrected chi connectivity index (χ2v) is 5.68. The Morgan fingerprint density at radius 1 is 1.17 bits per heavy atom. The number of nitrogens with one attached hydrogen (secondary N) is 1. The smallest absolute Gasteiger partial charge is 0.545 e. The van der Waals surface area contributed by atoms with Crippen LogP contribution < -0.4 is 40.0 Å². The SMILES string of the molecule is O=C(Nc1ccc(Br)cc1C(=O)[O-])c1ccc(Cl)c([N+](=O)[O-])c1.[Na+]. The van der Waals surface area contributed by atoms with Gasteiger partial charge in [0.15, 0.2) is 0 Å². The topological polar surface area (TPSA) is 112 Å². The van der Waals surface area contributed by atoms with E-state index in [-0.39, 0.29) is 51.4 Å². The quantitative estimate of drug-likeness (QED) is 0.411. The number of aromatic carboxylic acids is 1. The summed E-state index contributed by atoms with van der Waals surface area (Å²) in [6, 6.07) is 7.70. The zero-order chi connectivity index (χ0) is 17.1. The van der Waals surface area contributed by atoms with Crippen molar-refractivity contribution >= 4 is 50.8 Å². The minimum atomic E-state index is -1.47. The summed E-state index contributed by atoms with van der Waals surface area (Å²) in [7, 11) is 0. The number of anilines is 1. The predicted molar refractivity (Wildman–Crippen MR) is 84.5 cm³/mol. The molecule has 0 spiro atoms. The standard InChI is InChI=1S/C14H8BrClN2O5.Na/c15-8-2-4-11(9(6-8)14(20)21)17-13(19)7-1-3-10(16)12(5-7)18(22)23;/h1-6H,(H,17,19)(H,20,21);/q;+1/p-1. The summed E-state index contributed by atoms with van der Waals surface area (Å²) in [6.45, 7) is 0. The minimum absolute atomic E-state index is 0. The number of carboxylic acids is 1. The Morgan fingerprint density at radius 2 is 1.83 bits per heavy atom. The van der Waals surface area contributed by atoms with Gasteiger partial charge >= 0.3 is 29.6 Å². The first-order valence-corrected chi connectivity index (χ1v) is 7.23. The summed E-state index contributed by atoms with van der Waals surface area (Å²) in [5, 5.41) is 24.2. The van der Waals surface area contributed by atoms with E-state index in [9.17, 15) is 24.8 Å². The molecule has 7 nitrogen and oxygen atoms in total. The van der Waals surface area contributed by atoms with Crippen molar-refractivity contribution in [3.05, 3.63) is 67.1 Å².